The highest BCUT2D eigenvalue weighted by molar-refractivity contribution is 5.71. The van der Waals surface area contributed by atoms with Gasteiger partial charge in [0.05, 0.1) is 0 Å². The zero-order chi connectivity index (χ0) is 57.1. The first-order valence-electron chi connectivity index (χ1n) is 32.0. The zero-order valence-corrected chi connectivity index (χ0v) is 50.8. The van der Waals surface area contributed by atoms with Crippen molar-refractivity contribution in [1.82, 2.24) is 0 Å². The number of hydrogen-bond donors (Lipinski definition) is 0. The van der Waals surface area contributed by atoms with Crippen LogP contribution in [-0.2, 0) is 28.6 Å². The molecule has 0 heterocycles. The molecule has 0 N–H and O–H groups in total. The van der Waals surface area contributed by atoms with Gasteiger partial charge in [0.2, 0.25) is 0 Å². The first-order valence-corrected chi connectivity index (χ1v) is 32.0. The largest absolute Gasteiger partial charge is 0.462 e. The van der Waals surface area contributed by atoms with Crippen molar-refractivity contribution in [3.63, 3.8) is 0 Å². The van der Waals surface area contributed by atoms with E-state index in [2.05, 4.69) is 167 Å². The third-order valence-electron chi connectivity index (χ3n) is 13.0. The average Bonchev–Trinajstić information content (AvgIpc) is 3.45. The quantitative estimate of drug-likeness (QED) is 0.0261. The van der Waals surface area contributed by atoms with E-state index >= 15 is 0 Å². The molecule has 1 atom stereocenters. The number of unbranched alkanes of at least 4 members (excludes halogenated alkanes) is 19. The lowest BCUT2D eigenvalue weighted by molar-refractivity contribution is -0.166. The molecule has 0 spiro atoms. The van der Waals surface area contributed by atoms with Gasteiger partial charge in [-0.2, -0.15) is 0 Å². The molecule has 0 rings (SSSR count). The normalized spacial score (nSPS) is 13.2. The SMILES string of the molecule is CC/C=C\C/C=C\C/C=C\C/C=C\C/C=C\C/C=C\C/C=C\CCCC(=O)OC(COC(=O)CC/C=C\C/C=C\C/C=C\C/C=C\CC)COC(=O)CCCCCCCCCCCCCCC/C=C\C/C=C\CCCCCCC. The second-order valence-electron chi connectivity index (χ2n) is 20.5. The molecule has 0 aromatic heterocycles. The summed E-state index contributed by atoms with van der Waals surface area (Å²) in [5, 5.41) is 0. The Hall–Kier alpha value is -4.97. The Bertz CT molecular complexity index is 1780. The molecule has 0 aliphatic heterocycles. The second kappa shape index (κ2) is 65.5. The fourth-order valence-corrected chi connectivity index (χ4v) is 8.30. The molecular formula is C73H116O6. The van der Waals surface area contributed by atoms with Crippen molar-refractivity contribution in [1.29, 1.82) is 0 Å². The fourth-order valence-electron chi connectivity index (χ4n) is 8.30. The third kappa shape index (κ3) is 63.7. The maximum Gasteiger partial charge on any atom is 0.306 e. The topological polar surface area (TPSA) is 78.9 Å². The van der Waals surface area contributed by atoms with Gasteiger partial charge in [0.25, 0.3) is 0 Å². The number of ether oxygens (including phenoxy) is 3. The second-order valence-corrected chi connectivity index (χ2v) is 20.5. The number of esters is 3. The van der Waals surface area contributed by atoms with E-state index in [9.17, 15) is 14.4 Å². The van der Waals surface area contributed by atoms with Crippen molar-refractivity contribution >= 4 is 17.9 Å². The van der Waals surface area contributed by atoms with Crippen molar-refractivity contribution in [2.75, 3.05) is 13.2 Å². The van der Waals surface area contributed by atoms with Crippen LogP contribution in [0.3, 0.4) is 0 Å². The maximum atomic E-state index is 12.9. The van der Waals surface area contributed by atoms with Crippen LogP contribution in [0.4, 0.5) is 0 Å². The first kappa shape index (κ1) is 74.0. The number of rotatable bonds is 56. The Balaban J connectivity index is 4.47. The van der Waals surface area contributed by atoms with Crippen molar-refractivity contribution in [3.8, 4) is 0 Å². The minimum Gasteiger partial charge on any atom is -0.462 e. The molecule has 0 aliphatic rings. The molecule has 0 saturated carbocycles. The summed E-state index contributed by atoms with van der Waals surface area (Å²) < 4.78 is 16.8. The van der Waals surface area contributed by atoms with Crippen molar-refractivity contribution < 1.29 is 28.6 Å². The molecule has 1 unspecified atom stereocenters. The molecule has 0 radical (unpaired) electrons. The number of allylic oxidation sites excluding steroid dienone is 26. The van der Waals surface area contributed by atoms with Gasteiger partial charge in [0.15, 0.2) is 6.10 Å². The van der Waals surface area contributed by atoms with E-state index in [1.165, 1.54) is 109 Å². The summed E-state index contributed by atoms with van der Waals surface area (Å²) in [7, 11) is 0. The number of carbonyl (C=O) groups is 3. The molecule has 6 nitrogen and oxygen atoms in total. The van der Waals surface area contributed by atoms with Gasteiger partial charge in [-0.15, -0.1) is 0 Å². The van der Waals surface area contributed by atoms with Crippen LogP contribution in [0.5, 0.6) is 0 Å². The average molecular weight is 1090 g/mol. The highest BCUT2D eigenvalue weighted by Gasteiger charge is 2.19. The van der Waals surface area contributed by atoms with Gasteiger partial charge in [-0.1, -0.05) is 275 Å². The highest BCUT2D eigenvalue weighted by Crippen LogP contribution is 2.15. The minimum atomic E-state index is -0.846. The summed E-state index contributed by atoms with van der Waals surface area (Å²) in [5.74, 6) is -1.08. The van der Waals surface area contributed by atoms with Crippen molar-refractivity contribution in [2.24, 2.45) is 0 Å². The predicted molar refractivity (Wildman–Crippen MR) is 343 cm³/mol. The van der Waals surface area contributed by atoms with Crippen LogP contribution in [0.2, 0.25) is 0 Å². The molecule has 444 valence electrons. The Labute approximate surface area is 486 Å². The van der Waals surface area contributed by atoms with Crippen LogP contribution in [-0.4, -0.2) is 37.2 Å². The molecule has 0 aromatic carbocycles. The molecular weight excluding hydrogens is 973 g/mol. The minimum absolute atomic E-state index is 0.130. The van der Waals surface area contributed by atoms with Gasteiger partial charge < -0.3 is 14.2 Å². The van der Waals surface area contributed by atoms with E-state index in [1.54, 1.807) is 0 Å². The van der Waals surface area contributed by atoms with Crippen LogP contribution in [0, 0.1) is 0 Å². The number of carbonyl (C=O) groups excluding carboxylic acids is 3. The van der Waals surface area contributed by atoms with Crippen LogP contribution >= 0.6 is 0 Å². The standard InChI is InChI=1S/C73H116O6/c1-4-7-10-13-16-19-22-25-27-29-31-33-35-36-38-39-41-43-45-48-51-54-57-60-63-66-72(75)78-69-70(68-77-71(74)65-62-59-56-53-50-47-24-21-18-15-12-9-6-3)79-73(76)67-64-61-58-55-52-49-46-44-42-40-37-34-32-30-28-26-23-20-17-14-11-8-5-2/h8-9,11-12,17-18,20-22,25-26,28-29,31-32,34,40,42,46-47,49-50,55-56,58-59,70H,4-7,10,13-16,19,23-24,27,30,33,35-39,41,43-45,48,51-54,57,60-69H2,1-3H3/b11-8-,12-9-,20-17-,21-18-,25-22-,28-26-,31-29-,34-32-,42-40-,49-46-,50-47-,58-55-,59-56-. The molecule has 0 fully saturated rings. The van der Waals surface area contributed by atoms with Crippen LogP contribution in [0.25, 0.3) is 0 Å². The summed E-state index contributed by atoms with van der Waals surface area (Å²) in [6.07, 6.45) is 95.6. The van der Waals surface area contributed by atoms with Gasteiger partial charge in [0.1, 0.15) is 13.2 Å². The van der Waals surface area contributed by atoms with Gasteiger partial charge in [-0.25, -0.2) is 0 Å². The summed E-state index contributed by atoms with van der Waals surface area (Å²) >= 11 is 0. The van der Waals surface area contributed by atoms with Gasteiger partial charge in [-0.3, -0.25) is 14.4 Å². The molecule has 0 amide bonds. The lowest BCUT2D eigenvalue weighted by Gasteiger charge is -2.18. The predicted octanol–water partition coefficient (Wildman–Crippen LogP) is 22.1. The van der Waals surface area contributed by atoms with Crippen LogP contribution in [0.15, 0.2) is 158 Å². The van der Waals surface area contributed by atoms with E-state index < -0.39 is 12.1 Å². The Morgan fingerprint density at radius 2 is 0.532 bits per heavy atom. The zero-order valence-electron chi connectivity index (χ0n) is 50.8. The Morgan fingerprint density at radius 1 is 0.266 bits per heavy atom. The smallest absolute Gasteiger partial charge is 0.306 e. The molecule has 0 aliphatic carbocycles. The molecule has 0 bridgehead atoms. The summed E-state index contributed by atoms with van der Waals surface area (Å²) in [4.78, 5) is 38.2. The molecule has 0 aromatic rings. The van der Waals surface area contributed by atoms with Crippen molar-refractivity contribution in [3.05, 3.63) is 158 Å². The fraction of sp³-hybridized carbons (Fsp3) is 0.603. The van der Waals surface area contributed by atoms with E-state index in [-0.39, 0.29) is 38.0 Å². The van der Waals surface area contributed by atoms with Gasteiger partial charge in [0, 0.05) is 19.3 Å². The Morgan fingerprint density at radius 3 is 0.886 bits per heavy atom. The first-order chi connectivity index (χ1) is 39.0. The van der Waals surface area contributed by atoms with Crippen LogP contribution in [0.1, 0.15) is 265 Å². The molecule has 6 heteroatoms. The molecule has 79 heavy (non-hydrogen) atoms. The summed E-state index contributed by atoms with van der Waals surface area (Å²) in [5.41, 5.74) is 0. The van der Waals surface area contributed by atoms with E-state index in [1.807, 2.05) is 12.2 Å². The van der Waals surface area contributed by atoms with E-state index in [0.29, 0.717) is 19.3 Å². The highest BCUT2D eigenvalue weighted by atomic mass is 16.6. The Kier molecular flexibility index (Phi) is 61.4. The number of hydrogen-bond acceptors (Lipinski definition) is 6. The third-order valence-corrected chi connectivity index (χ3v) is 13.0. The van der Waals surface area contributed by atoms with E-state index in [4.69, 9.17) is 14.2 Å². The lowest BCUT2D eigenvalue weighted by Crippen LogP contribution is -2.30. The summed E-state index contributed by atoms with van der Waals surface area (Å²) in [6.45, 7) is 6.29. The van der Waals surface area contributed by atoms with Crippen LogP contribution < -0.4 is 0 Å². The monoisotopic (exact) mass is 1090 g/mol. The van der Waals surface area contributed by atoms with Gasteiger partial charge in [-0.05, 0) is 128 Å². The molecule has 0 saturated heterocycles. The van der Waals surface area contributed by atoms with E-state index in [0.717, 1.165) is 103 Å². The van der Waals surface area contributed by atoms with Gasteiger partial charge >= 0.3 is 17.9 Å². The lowest BCUT2D eigenvalue weighted by atomic mass is 10.0. The maximum absolute atomic E-state index is 12.9. The van der Waals surface area contributed by atoms with Crippen molar-refractivity contribution in [2.45, 2.75) is 271 Å². The summed E-state index contributed by atoms with van der Waals surface area (Å²) in [6, 6.07) is 0.